The highest BCUT2D eigenvalue weighted by Gasteiger charge is 2.03. The lowest BCUT2D eigenvalue weighted by Gasteiger charge is -2.09. The summed E-state index contributed by atoms with van der Waals surface area (Å²) in [5, 5.41) is 8.44. The van der Waals surface area contributed by atoms with Crippen LogP contribution in [0.15, 0.2) is 0 Å². The van der Waals surface area contributed by atoms with Crippen molar-refractivity contribution in [3.63, 3.8) is 0 Å². The van der Waals surface area contributed by atoms with Crippen LogP contribution in [0.1, 0.15) is 58.8 Å². The zero-order valence-corrected chi connectivity index (χ0v) is 8.88. The number of carboxylic acids is 1. The van der Waals surface area contributed by atoms with E-state index in [1.165, 1.54) is 25.7 Å². The summed E-state index contributed by atoms with van der Waals surface area (Å²) in [7, 11) is 0. The molecule has 1 N–H and O–H groups in total. The number of carboxylic acid groups (broad SMARTS) is 1. The van der Waals surface area contributed by atoms with Crippen molar-refractivity contribution < 1.29 is 9.90 Å². The molecule has 78 valence electrons. The van der Waals surface area contributed by atoms with Gasteiger partial charge in [-0.25, -0.2) is 0 Å². The standard InChI is InChI=1S/C11H22O2/c1-3-4-5-7-10(2)8-6-9-11(12)13/h10H,3-9H2,1-2H3,(H,12,13). The largest absolute Gasteiger partial charge is 0.481 e. The van der Waals surface area contributed by atoms with Gasteiger partial charge in [-0.05, 0) is 12.3 Å². The third kappa shape index (κ3) is 9.38. The summed E-state index contributed by atoms with van der Waals surface area (Å²) in [6.07, 6.45) is 7.36. The highest BCUT2D eigenvalue weighted by atomic mass is 16.4. The van der Waals surface area contributed by atoms with Crippen LogP contribution in [0.4, 0.5) is 0 Å². The van der Waals surface area contributed by atoms with Gasteiger partial charge in [-0.3, -0.25) is 4.79 Å². The van der Waals surface area contributed by atoms with Gasteiger partial charge in [0.15, 0.2) is 0 Å². The Morgan fingerprint density at radius 1 is 1.23 bits per heavy atom. The van der Waals surface area contributed by atoms with E-state index in [1.54, 1.807) is 0 Å². The molecule has 0 radical (unpaired) electrons. The van der Waals surface area contributed by atoms with Gasteiger partial charge >= 0.3 is 5.97 Å². The Bertz CT molecular complexity index is 132. The molecule has 0 spiro atoms. The molecule has 13 heavy (non-hydrogen) atoms. The first-order valence-electron chi connectivity index (χ1n) is 5.38. The highest BCUT2D eigenvalue weighted by molar-refractivity contribution is 5.66. The van der Waals surface area contributed by atoms with Crippen LogP contribution in [-0.4, -0.2) is 11.1 Å². The summed E-state index contributed by atoms with van der Waals surface area (Å²) in [5.74, 6) is 0.0339. The van der Waals surface area contributed by atoms with Gasteiger partial charge < -0.3 is 5.11 Å². The molecule has 2 nitrogen and oxygen atoms in total. The molecule has 0 bridgehead atoms. The fraction of sp³-hybridized carbons (Fsp3) is 0.909. The van der Waals surface area contributed by atoms with Crippen molar-refractivity contribution >= 4 is 5.97 Å². The van der Waals surface area contributed by atoms with Gasteiger partial charge in [0.05, 0.1) is 0 Å². The molecule has 0 aliphatic heterocycles. The summed E-state index contributed by atoms with van der Waals surface area (Å²) in [6, 6.07) is 0. The minimum Gasteiger partial charge on any atom is -0.481 e. The molecule has 2 heteroatoms. The van der Waals surface area contributed by atoms with Crippen LogP contribution >= 0.6 is 0 Å². The van der Waals surface area contributed by atoms with Crippen molar-refractivity contribution in [2.45, 2.75) is 58.8 Å². The third-order valence-corrected chi connectivity index (χ3v) is 2.39. The molecule has 0 aliphatic rings. The minimum atomic E-state index is -0.666. The normalized spacial score (nSPS) is 12.8. The molecule has 0 rings (SSSR count). The van der Waals surface area contributed by atoms with Gasteiger partial charge in [-0.1, -0.05) is 46.0 Å². The summed E-state index contributed by atoms with van der Waals surface area (Å²) in [6.45, 7) is 4.42. The Labute approximate surface area is 81.3 Å². The molecule has 0 aromatic rings. The number of hydrogen-bond donors (Lipinski definition) is 1. The van der Waals surface area contributed by atoms with Gasteiger partial charge in [0.25, 0.3) is 0 Å². The minimum absolute atomic E-state index is 0.331. The molecule has 0 aromatic heterocycles. The summed E-state index contributed by atoms with van der Waals surface area (Å²) >= 11 is 0. The monoisotopic (exact) mass is 186 g/mol. The number of unbranched alkanes of at least 4 members (excludes halogenated alkanes) is 2. The van der Waals surface area contributed by atoms with E-state index in [0.717, 1.165) is 12.8 Å². The topological polar surface area (TPSA) is 37.3 Å². The lowest BCUT2D eigenvalue weighted by molar-refractivity contribution is -0.137. The van der Waals surface area contributed by atoms with Crippen LogP contribution in [0.3, 0.4) is 0 Å². The fourth-order valence-electron chi connectivity index (χ4n) is 1.49. The summed E-state index contributed by atoms with van der Waals surface area (Å²) in [4.78, 5) is 10.2. The molecule has 0 heterocycles. The van der Waals surface area contributed by atoms with Crippen LogP contribution in [0.5, 0.6) is 0 Å². The SMILES string of the molecule is CCCCCC(C)CCCC(=O)O. The van der Waals surface area contributed by atoms with E-state index >= 15 is 0 Å². The molecular formula is C11H22O2. The van der Waals surface area contributed by atoms with Crippen LogP contribution < -0.4 is 0 Å². The first kappa shape index (κ1) is 12.5. The Morgan fingerprint density at radius 2 is 1.85 bits per heavy atom. The van der Waals surface area contributed by atoms with Crippen LogP contribution in [0.25, 0.3) is 0 Å². The molecule has 0 saturated carbocycles. The van der Waals surface area contributed by atoms with E-state index in [-0.39, 0.29) is 0 Å². The van der Waals surface area contributed by atoms with Crippen LogP contribution in [0.2, 0.25) is 0 Å². The molecule has 0 saturated heterocycles. The molecular weight excluding hydrogens is 164 g/mol. The van der Waals surface area contributed by atoms with Crippen LogP contribution in [0, 0.1) is 5.92 Å². The van der Waals surface area contributed by atoms with Gasteiger partial charge in [0.1, 0.15) is 0 Å². The van der Waals surface area contributed by atoms with E-state index in [2.05, 4.69) is 13.8 Å². The Hall–Kier alpha value is -0.530. The predicted octanol–water partition coefficient (Wildman–Crippen LogP) is 3.46. The van der Waals surface area contributed by atoms with Crippen LogP contribution in [-0.2, 0) is 4.79 Å². The number of hydrogen-bond acceptors (Lipinski definition) is 1. The second-order valence-electron chi connectivity index (χ2n) is 3.89. The average Bonchev–Trinajstić information content (AvgIpc) is 2.04. The van der Waals surface area contributed by atoms with E-state index in [0.29, 0.717) is 12.3 Å². The number of carbonyl (C=O) groups is 1. The van der Waals surface area contributed by atoms with Crippen molar-refractivity contribution in [3.05, 3.63) is 0 Å². The van der Waals surface area contributed by atoms with Gasteiger partial charge in [0.2, 0.25) is 0 Å². The lowest BCUT2D eigenvalue weighted by Crippen LogP contribution is -1.99. The molecule has 0 aliphatic carbocycles. The highest BCUT2D eigenvalue weighted by Crippen LogP contribution is 2.15. The zero-order chi connectivity index (χ0) is 10.1. The summed E-state index contributed by atoms with van der Waals surface area (Å²) < 4.78 is 0. The first-order valence-corrected chi connectivity index (χ1v) is 5.38. The Morgan fingerprint density at radius 3 is 2.38 bits per heavy atom. The van der Waals surface area contributed by atoms with Gasteiger partial charge in [-0.2, -0.15) is 0 Å². The van der Waals surface area contributed by atoms with Crippen molar-refractivity contribution in [3.8, 4) is 0 Å². The van der Waals surface area contributed by atoms with E-state index in [1.807, 2.05) is 0 Å². The fourth-order valence-corrected chi connectivity index (χ4v) is 1.49. The van der Waals surface area contributed by atoms with Crippen molar-refractivity contribution in [2.75, 3.05) is 0 Å². The van der Waals surface area contributed by atoms with E-state index in [4.69, 9.17) is 5.11 Å². The molecule has 1 unspecified atom stereocenters. The first-order chi connectivity index (χ1) is 6.16. The molecule has 0 aromatic carbocycles. The maximum atomic E-state index is 10.2. The molecule has 0 amide bonds. The third-order valence-electron chi connectivity index (χ3n) is 2.39. The lowest BCUT2D eigenvalue weighted by atomic mass is 9.97. The Kier molecular flexibility index (Phi) is 7.76. The molecule has 0 fully saturated rings. The van der Waals surface area contributed by atoms with Crippen molar-refractivity contribution in [1.29, 1.82) is 0 Å². The van der Waals surface area contributed by atoms with Crippen molar-refractivity contribution in [1.82, 2.24) is 0 Å². The Balaban J connectivity index is 3.19. The average molecular weight is 186 g/mol. The second-order valence-corrected chi connectivity index (χ2v) is 3.89. The zero-order valence-electron chi connectivity index (χ0n) is 8.88. The maximum Gasteiger partial charge on any atom is 0.303 e. The molecule has 1 atom stereocenters. The quantitative estimate of drug-likeness (QED) is 0.589. The number of aliphatic carboxylic acids is 1. The predicted molar refractivity (Wildman–Crippen MR) is 54.8 cm³/mol. The van der Waals surface area contributed by atoms with E-state index < -0.39 is 5.97 Å². The smallest absolute Gasteiger partial charge is 0.303 e. The second kappa shape index (κ2) is 8.09. The maximum absolute atomic E-state index is 10.2. The van der Waals surface area contributed by atoms with E-state index in [9.17, 15) is 4.79 Å². The number of rotatable bonds is 8. The van der Waals surface area contributed by atoms with Gasteiger partial charge in [-0.15, -0.1) is 0 Å². The summed E-state index contributed by atoms with van der Waals surface area (Å²) in [5.41, 5.74) is 0. The van der Waals surface area contributed by atoms with Crippen molar-refractivity contribution in [2.24, 2.45) is 5.92 Å². The van der Waals surface area contributed by atoms with Gasteiger partial charge in [0, 0.05) is 6.42 Å².